The van der Waals surface area contributed by atoms with Gasteiger partial charge in [-0.2, -0.15) is 0 Å². The van der Waals surface area contributed by atoms with Crippen LogP contribution < -0.4 is 15.4 Å². The number of carbonyl (C=O) groups excluding carboxylic acids is 3. The molecule has 0 unspecified atom stereocenters. The average Bonchev–Trinajstić information content (AvgIpc) is 2.77. The molecule has 0 aromatic carbocycles. The van der Waals surface area contributed by atoms with E-state index in [1.807, 2.05) is 26.1 Å². The molecule has 3 N–H and O–H groups in total. The molecule has 1 atom stereocenters. The highest BCUT2D eigenvalue weighted by Crippen LogP contribution is 2.25. The van der Waals surface area contributed by atoms with Crippen LogP contribution in [0.15, 0.2) is 17.1 Å². The Kier molecular flexibility index (Phi) is 18.8. The summed E-state index contributed by atoms with van der Waals surface area (Å²) in [7, 11) is 8.59. The first-order chi connectivity index (χ1) is 14.9. The second-order valence-electron chi connectivity index (χ2n) is 6.79. The molecule has 178 valence electrons. The second kappa shape index (κ2) is 19.5. The van der Waals surface area contributed by atoms with Crippen LogP contribution in [0.3, 0.4) is 0 Å². The Balaban J connectivity index is 4.41. The largest absolute Gasteiger partial charge is 0.354 e. The van der Waals surface area contributed by atoms with Crippen LogP contribution in [0.2, 0.25) is 0 Å². The summed E-state index contributed by atoms with van der Waals surface area (Å²) in [5.74, 6) is 0.107. The summed E-state index contributed by atoms with van der Waals surface area (Å²) in [6.07, 6.45) is 7.61. The van der Waals surface area contributed by atoms with Gasteiger partial charge >= 0.3 is 0 Å². The summed E-state index contributed by atoms with van der Waals surface area (Å²) in [6.45, 7) is 3.22. The Bertz CT molecular complexity index is 603. The van der Waals surface area contributed by atoms with Crippen molar-refractivity contribution in [3.63, 3.8) is 0 Å². The minimum absolute atomic E-state index is 0.120. The number of likely N-dealkylation sites (N-methyl/N-ethyl adjacent to an activating group) is 1. The summed E-state index contributed by atoms with van der Waals surface area (Å²) in [5.41, 5.74) is 0. The fourth-order valence-electron chi connectivity index (χ4n) is 2.57. The van der Waals surface area contributed by atoms with E-state index in [0.717, 1.165) is 43.0 Å². The van der Waals surface area contributed by atoms with E-state index in [9.17, 15) is 14.4 Å². The van der Waals surface area contributed by atoms with Crippen LogP contribution in [0.5, 0.6) is 0 Å². The van der Waals surface area contributed by atoms with Crippen molar-refractivity contribution in [2.45, 2.75) is 51.5 Å². The molecule has 0 saturated heterocycles. The maximum Gasteiger partial charge on any atom is 0.243 e. The molecule has 0 aromatic heterocycles. The van der Waals surface area contributed by atoms with Crippen molar-refractivity contribution in [3.05, 3.63) is 12.2 Å². The Morgan fingerprint density at radius 2 is 1.90 bits per heavy atom. The molecule has 0 aromatic rings. The predicted octanol–water partition coefficient (Wildman–Crippen LogP) is 2.44. The monoisotopic (exact) mass is 491 g/mol. The fourth-order valence-corrected chi connectivity index (χ4v) is 4.81. The van der Waals surface area contributed by atoms with Crippen LogP contribution in [0.1, 0.15) is 45.4 Å². The zero-order valence-electron chi connectivity index (χ0n) is 19.0. The van der Waals surface area contributed by atoms with Gasteiger partial charge in [0.1, 0.15) is 11.1 Å². The van der Waals surface area contributed by atoms with Crippen molar-refractivity contribution in [2.24, 2.45) is 4.99 Å². The van der Waals surface area contributed by atoms with Gasteiger partial charge < -0.3 is 20.3 Å². The molecule has 11 heteroatoms. The number of rotatable bonds is 16. The first-order valence-corrected chi connectivity index (χ1v) is 13.2. The first kappa shape index (κ1) is 29.8. The third-order valence-corrected chi connectivity index (χ3v) is 7.04. The number of allylic oxidation sites excluding steroid dienone is 1. The van der Waals surface area contributed by atoms with Gasteiger partial charge in [0.25, 0.3) is 0 Å². The number of nitrogens with zero attached hydrogens (tertiary/aromatic N) is 2. The highest BCUT2D eigenvalue weighted by molar-refractivity contribution is 8.82. The van der Waals surface area contributed by atoms with E-state index >= 15 is 0 Å². The zero-order valence-corrected chi connectivity index (χ0v) is 21.5. The van der Waals surface area contributed by atoms with E-state index in [4.69, 9.17) is 0 Å². The normalized spacial score (nSPS) is 12.6. The van der Waals surface area contributed by atoms with Crippen molar-refractivity contribution in [1.82, 2.24) is 20.3 Å². The van der Waals surface area contributed by atoms with E-state index in [-0.39, 0.29) is 18.2 Å². The maximum absolute atomic E-state index is 12.6. The third-order valence-electron chi connectivity index (χ3n) is 4.36. The average molecular weight is 492 g/mol. The molecule has 0 radical (unpaired) electrons. The Hall–Kier alpha value is -1.17. The molecule has 0 bridgehead atoms. The molecular formula is C20H37N5O3S3. The van der Waals surface area contributed by atoms with Gasteiger partial charge in [0.2, 0.25) is 17.7 Å². The summed E-state index contributed by atoms with van der Waals surface area (Å²) >= 11 is 3.75. The maximum atomic E-state index is 12.6. The van der Waals surface area contributed by atoms with Gasteiger partial charge in [-0.25, -0.2) is 0 Å². The van der Waals surface area contributed by atoms with Gasteiger partial charge in [0.05, 0.1) is 6.42 Å². The Morgan fingerprint density at radius 1 is 1.16 bits per heavy atom. The molecule has 0 fully saturated rings. The molecular weight excluding hydrogens is 454 g/mol. The lowest BCUT2D eigenvalue weighted by atomic mass is 10.1. The highest BCUT2D eigenvalue weighted by atomic mass is 33.1. The Labute approximate surface area is 200 Å². The molecule has 0 aliphatic heterocycles. The molecule has 0 rings (SSSR count). The molecule has 0 aliphatic rings. The molecule has 3 amide bonds. The number of unbranched alkanes of at least 4 members (excludes halogenated alkanes) is 2. The number of aliphatic imine (C=N–C) groups is 1. The number of nitrogens with one attached hydrogen (secondary N) is 3. The molecule has 0 aliphatic carbocycles. The van der Waals surface area contributed by atoms with Gasteiger partial charge in [-0.1, -0.05) is 36.1 Å². The fraction of sp³-hybridized carbons (Fsp3) is 0.700. The lowest BCUT2D eigenvalue weighted by Crippen LogP contribution is -2.49. The van der Waals surface area contributed by atoms with Crippen LogP contribution >= 0.6 is 34.4 Å². The summed E-state index contributed by atoms with van der Waals surface area (Å²) in [4.78, 5) is 42.4. The van der Waals surface area contributed by atoms with E-state index in [1.54, 1.807) is 35.7 Å². The number of carbonyl (C=O) groups is 3. The Morgan fingerprint density at radius 3 is 2.52 bits per heavy atom. The second-order valence-corrected chi connectivity index (χ2v) is 9.45. The van der Waals surface area contributed by atoms with E-state index in [2.05, 4.69) is 33.2 Å². The van der Waals surface area contributed by atoms with Crippen LogP contribution in [-0.2, 0) is 14.4 Å². The van der Waals surface area contributed by atoms with Gasteiger partial charge in [0, 0.05) is 32.8 Å². The van der Waals surface area contributed by atoms with Crippen LogP contribution in [-0.4, -0.2) is 73.7 Å². The number of thiol groups is 1. The van der Waals surface area contributed by atoms with Crippen molar-refractivity contribution in [2.75, 3.05) is 40.0 Å². The highest BCUT2D eigenvalue weighted by Gasteiger charge is 2.28. The van der Waals surface area contributed by atoms with Crippen molar-refractivity contribution < 1.29 is 14.4 Å². The smallest absolute Gasteiger partial charge is 0.243 e. The lowest BCUT2D eigenvalue weighted by Gasteiger charge is -2.27. The SMILES string of the molecule is C/C=C\C(=NC)SSCCCCCC(=O)N(C)[C@@H](CC(=O)NS)C(=O)NCCCNC. The number of hydrogen-bond acceptors (Lipinski definition) is 8. The quantitative estimate of drug-likeness (QED) is 0.0870. The van der Waals surface area contributed by atoms with Crippen molar-refractivity contribution in [1.29, 1.82) is 0 Å². The molecule has 8 nitrogen and oxygen atoms in total. The first-order valence-electron chi connectivity index (χ1n) is 10.4. The van der Waals surface area contributed by atoms with Crippen LogP contribution in [0.4, 0.5) is 0 Å². The topological polar surface area (TPSA) is 103 Å². The van der Waals surface area contributed by atoms with E-state index in [1.165, 1.54) is 4.90 Å². The summed E-state index contributed by atoms with van der Waals surface area (Å²) < 4.78 is 2.22. The minimum atomic E-state index is -0.848. The zero-order chi connectivity index (χ0) is 23.5. The molecule has 31 heavy (non-hydrogen) atoms. The van der Waals surface area contributed by atoms with Gasteiger partial charge in [0.15, 0.2) is 0 Å². The van der Waals surface area contributed by atoms with Crippen LogP contribution in [0, 0.1) is 0 Å². The molecule has 0 heterocycles. The van der Waals surface area contributed by atoms with Crippen molar-refractivity contribution in [3.8, 4) is 0 Å². The number of hydrogen-bond donors (Lipinski definition) is 4. The van der Waals surface area contributed by atoms with Gasteiger partial charge in [-0.3, -0.25) is 19.4 Å². The van der Waals surface area contributed by atoms with E-state index in [0.29, 0.717) is 13.0 Å². The van der Waals surface area contributed by atoms with Crippen LogP contribution in [0.25, 0.3) is 0 Å². The predicted molar refractivity (Wildman–Crippen MR) is 137 cm³/mol. The lowest BCUT2D eigenvalue weighted by molar-refractivity contribution is -0.140. The third kappa shape index (κ3) is 14.5. The summed E-state index contributed by atoms with van der Waals surface area (Å²) in [5, 5.41) is 6.80. The van der Waals surface area contributed by atoms with E-state index < -0.39 is 11.9 Å². The standard InChI is InChI=1S/C20H37N5O3S3/c1-5-10-18(22-3)31-30-14-8-6-7-11-19(27)25(4)16(15-17(26)24-29)20(28)23-13-9-12-21-2/h5,10,16,21,29H,6-9,11-15H2,1-4H3,(H,23,28)(H,24,26)/b10-5-,22-18?/t16-/m0/s1. The number of amides is 3. The van der Waals surface area contributed by atoms with Gasteiger partial charge in [-0.15, -0.1) is 0 Å². The molecule has 0 spiro atoms. The van der Waals surface area contributed by atoms with Crippen molar-refractivity contribution >= 4 is 57.2 Å². The molecule has 0 saturated carbocycles. The summed E-state index contributed by atoms with van der Waals surface area (Å²) in [6, 6.07) is -0.848. The minimum Gasteiger partial charge on any atom is -0.354 e. The van der Waals surface area contributed by atoms with Gasteiger partial charge in [-0.05, 0) is 56.6 Å².